The van der Waals surface area contributed by atoms with E-state index in [2.05, 4.69) is 0 Å². The number of phenolic OH excluding ortho intramolecular Hbond substituents is 9. The van der Waals surface area contributed by atoms with E-state index in [0.717, 1.165) is 0 Å². The lowest BCUT2D eigenvalue weighted by atomic mass is 9.92. The second kappa shape index (κ2) is 11.0. The molecule has 3 aromatic rings. The first-order valence-corrected chi connectivity index (χ1v) is 12.5. The van der Waals surface area contributed by atoms with Gasteiger partial charge in [-0.1, -0.05) is 0 Å². The van der Waals surface area contributed by atoms with E-state index in [1.807, 2.05) is 0 Å². The van der Waals surface area contributed by atoms with Gasteiger partial charge in [0, 0.05) is 11.1 Å². The molecule has 2 aliphatic heterocycles. The van der Waals surface area contributed by atoms with Gasteiger partial charge >= 0.3 is 17.9 Å². The zero-order valence-corrected chi connectivity index (χ0v) is 22.2. The van der Waals surface area contributed by atoms with Crippen LogP contribution in [0.1, 0.15) is 31.1 Å². The van der Waals surface area contributed by atoms with Crippen molar-refractivity contribution in [3.05, 3.63) is 41.0 Å². The summed E-state index contributed by atoms with van der Waals surface area (Å²) in [5.74, 6) is -14.8. The van der Waals surface area contributed by atoms with Crippen molar-refractivity contribution in [1.29, 1.82) is 0 Å². The van der Waals surface area contributed by atoms with Gasteiger partial charge in [-0.15, -0.1) is 0 Å². The van der Waals surface area contributed by atoms with E-state index in [1.54, 1.807) is 0 Å². The maximum atomic E-state index is 13.5. The fourth-order valence-electron chi connectivity index (χ4n) is 4.79. The standard InChI is InChI=1S/C27H22O18/c28-5-13-22-21(38)23(27(42-13)45-24(39)6-1-9(29)16(33)10(30)2-6)44-26(41)8-4-12(32)18(35)20(37)15(8)14-7(25(40)43-22)3-11(31)17(34)19(14)36/h1-4,13,21-23,27-38H,5H2/t13-,21+,22-,23-,27+/m0/s1. The van der Waals surface area contributed by atoms with Crippen LogP contribution in [-0.2, 0) is 18.9 Å². The predicted octanol–water partition coefficient (Wildman–Crippen LogP) is -0.297. The average molecular weight is 634 g/mol. The lowest BCUT2D eigenvalue weighted by Gasteiger charge is -2.42. The lowest BCUT2D eigenvalue weighted by Crippen LogP contribution is -2.61. The molecule has 3 aromatic carbocycles. The summed E-state index contributed by atoms with van der Waals surface area (Å²) in [5, 5.41) is 112. The highest BCUT2D eigenvalue weighted by atomic mass is 16.7. The summed E-state index contributed by atoms with van der Waals surface area (Å²) in [5.41, 5.74) is -4.24. The molecule has 45 heavy (non-hydrogen) atoms. The number of fused-ring (bicyclic) bond motifs is 5. The second-order valence-electron chi connectivity index (χ2n) is 9.76. The molecule has 0 aromatic heterocycles. The molecule has 0 saturated carbocycles. The molecule has 5 atom stereocenters. The highest BCUT2D eigenvalue weighted by molar-refractivity contribution is 6.08. The van der Waals surface area contributed by atoms with Gasteiger partial charge in [-0.2, -0.15) is 0 Å². The quantitative estimate of drug-likeness (QED) is 0.100. The van der Waals surface area contributed by atoms with E-state index in [1.165, 1.54) is 0 Å². The maximum Gasteiger partial charge on any atom is 0.340 e. The number of carbonyl (C=O) groups excluding carboxylic acids is 3. The van der Waals surface area contributed by atoms with E-state index >= 15 is 0 Å². The van der Waals surface area contributed by atoms with Crippen molar-refractivity contribution in [2.45, 2.75) is 30.7 Å². The van der Waals surface area contributed by atoms with Gasteiger partial charge in [0.1, 0.15) is 12.2 Å². The Morgan fingerprint density at radius 1 is 0.667 bits per heavy atom. The Morgan fingerprint density at radius 2 is 1.11 bits per heavy atom. The number of phenols is 9. The molecule has 0 amide bonds. The zero-order valence-electron chi connectivity index (χ0n) is 22.2. The molecule has 2 bridgehead atoms. The first-order chi connectivity index (χ1) is 21.2. The fraction of sp³-hybridized carbons (Fsp3) is 0.222. The molecule has 11 N–H and O–H groups in total. The maximum absolute atomic E-state index is 13.5. The molecule has 0 spiro atoms. The van der Waals surface area contributed by atoms with E-state index in [9.17, 15) is 70.6 Å². The van der Waals surface area contributed by atoms with Gasteiger partial charge in [-0.3, -0.25) is 0 Å². The third-order valence-electron chi connectivity index (χ3n) is 7.01. The number of carbonyl (C=O) groups is 3. The molecule has 1 fully saturated rings. The summed E-state index contributed by atoms with van der Waals surface area (Å²) in [6, 6.07) is 2.40. The van der Waals surface area contributed by atoms with E-state index in [4.69, 9.17) is 18.9 Å². The van der Waals surface area contributed by atoms with Crippen molar-refractivity contribution in [2.24, 2.45) is 0 Å². The van der Waals surface area contributed by atoms with Gasteiger partial charge in [-0.05, 0) is 24.3 Å². The Kier molecular flexibility index (Phi) is 7.49. The smallest absolute Gasteiger partial charge is 0.340 e. The summed E-state index contributed by atoms with van der Waals surface area (Å²) in [6.45, 7) is -1.04. The molecule has 5 rings (SSSR count). The van der Waals surface area contributed by atoms with Crippen LogP contribution < -0.4 is 0 Å². The zero-order chi connectivity index (χ0) is 33.1. The largest absolute Gasteiger partial charge is 0.504 e. The molecular weight excluding hydrogens is 612 g/mol. The summed E-state index contributed by atoms with van der Waals surface area (Å²) in [6.07, 6.45) is -10.2. The highest BCUT2D eigenvalue weighted by Gasteiger charge is 2.52. The number of benzene rings is 3. The third kappa shape index (κ3) is 4.97. The van der Waals surface area contributed by atoms with Crippen LogP contribution in [0.15, 0.2) is 24.3 Å². The second-order valence-corrected chi connectivity index (χ2v) is 9.76. The molecule has 2 heterocycles. The van der Waals surface area contributed by atoms with E-state index in [-0.39, 0.29) is 0 Å². The number of aromatic hydroxyl groups is 9. The predicted molar refractivity (Wildman–Crippen MR) is 139 cm³/mol. The lowest BCUT2D eigenvalue weighted by molar-refractivity contribution is -0.283. The Hall–Kier alpha value is -5.85. The fourth-order valence-corrected chi connectivity index (χ4v) is 4.79. The van der Waals surface area contributed by atoms with E-state index < -0.39 is 135 Å². The normalized spacial score (nSPS) is 22.7. The summed E-state index contributed by atoms with van der Waals surface area (Å²) in [7, 11) is 0. The molecule has 18 heteroatoms. The minimum atomic E-state index is -2.19. The number of esters is 3. The van der Waals surface area contributed by atoms with Crippen molar-refractivity contribution < 1.29 is 89.5 Å². The van der Waals surface area contributed by atoms with Crippen LogP contribution in [0.4, 0.5) is 0 Å². The Balaban J connectivity index is 1.67. The molecule has 0 unspecified atom stereocenters. The number of aliphatic hydroxyl groups excluding tert-OH is 2. The van der Waals surface area contributed by atoms with E-state index in [0.29, 0.717) is 24.3 Å². The number of aliphatic hydroxyl groups is 2. The minimum Gasteiger partial charge on any atom is -0.504 e. The summed E-state index contributed by atoms with van der Waals surface area (Å²) >= 11 is 0. The SMILES string of the molecule is O=C(O[C@H]1O[C@@H](CO)[C@@H]2OC(=O)c3cc(O)c(O)c(O)c3-c3c(cc(O)c(O)c3O)C(=O)O[C@H]1[C@@H]2O)c1cc(O)c(O)c(O)c1. The van der Waals surface area contributed by atoms with Crippen LogP contribution in [0.25, 0.3) is 11.1 Å². The van der Waals surface area contributed by atoms with Crippen LogP contribution >= 0.6 is 0 Å². The van der Waals surface area contributed by atoms with Gasteiger partial charge in [0.2, 0.25) is 17.8 Å². The van der Waals surface area contributed by atoms with Crippen LogP contribution in [0.3, 0.4) is 0 Å². The Morgan fingerprint density at radius 3 is 1.58 bits per heavy atom. The summed E-state index contributed by atoms with van der Waals surface area (Å²) in [4.78, 5) is 39.8. The van der Waals surface area contributed by atoms with Crippen LogP contribution in [0.5, 0.6) is 51.7 Å². The van der Waals surface area contributed by atoms with Crippen molar-refractivity contribution in [1.82, 2.24) is 0 Å². The first-order valence-electron chi connectivity index (χ1n) is 12.5. The minimum absolute atomic E-state index is 0.510. The molecule has 0 aliphatic carbocycles. The van der Waals surface area contributed by atoms with Crippen molar-refractivity contribution >= 4 is 17.9 Å². The van der Waals surface area contributed by atoms with Crippen LogP contribution in [0.2, 0.25) is 0 Å². The molecule has 0 radical (unpaired) electrons. The Labute approximate surface area is 248 Å². The van der Waals surface area contributed by atoms with Crippen molar-refractivity contribution in [3.63, 3.8) is 0 Å². The molecule has 238 valence electrons. The van der Waals surface area contributed by atoms with Crippen molar-refractivity contribution in [2.75, 3.05) is 6.61 Å². The number of ether oxygens (including phenoxy) is 4. The monoisotopic (exact) mass is 634 g/mol. The summed E-state index contributed by atoms with van der Waals surface area (Å²) < 4.78 is 21.2. The van der Waals surface area contributed by atoms with Crippen LogP contribution in [0, 0.1) is 0 Å². The number of rotatable bonds is 3. The number of hydrogen-bond acceptors (Lipinski definition) is 18. The van der Waals surface area contributed by atoms with Gasteiger partial charge in [0.05, 0.1) is 23.3 Å². The van der Waals surface area contributed by atoms with Gasteiger partial charge in [0.25, 0.3) is 0 Å². The average Bonchev–Trinajstić information content (AvgIpc) is 3.00. The first kappa shape index (κ1) is 30.6. The van der Waals surface area contributed by atoms with Gasteiger partial charge < -0.3 is 75.1 Å². The highest BCUT2D eigenvalue weighted by Crippen LogP contribution is 2.53. The molecule has 2 aliphatic rings. The Bertz CT molecular complexity index is 1730. The number of hydrogen-bond donors (Lipinski definition) is 11. The van der Waals surface area contributed by atoms with Gasteiger partial charge in [-0.25, -0.2) is 14.4 Å². The topological polar surface area (TPSA) is 311 Å². The van der Waals surface area contributed by atoms with Crippen LogP contribution in [-0.4, -0.2) is 111 Å². The van der Waals surface area contributed by atoms with Gasteiger partial charge in [0.15, 0.2) is 52.5 Å². The third-order valence-corrected chi connectivity index (χ3v) is 7.01. The molecule has 1 saturated heterocycles. The molecular formula is C27H22O18. The van der Waals surface area contributed by atoms with Crippen molar-refractivity contribution in [3.8, 4) is 62.9 Å². The molecule has 18 nitrogen and oxygen atoms in total.